The SMILES string of the molecule is [CH2]Cc1ccc2[nH]c(=O)oc2c1. The minimum absolute atomic E-state index is 0.411. The lowest BCUT2D eigenvalue weighted by atomic mass is 10.2. The summed E-state index contributed by atoms with van der Waals surface area (Å²) in [5.41, 5.74) is 2.39. The van der Waals surface area contributed by atoms with E-state index in [9.17, 15) is 4.79 Å². The van der Waals surface area contributed by atoms with Gasteiger partial charge in [-0.2, -0.15) is 0 Å². The molecule has 3 nitrogen and oxygen atoms in total. The predicted octanol–water partition coefficient (Wildman–Crippen LogP) is 1.50. The topological polar surface area (TPSA) is 46.0 Å². The molecule has 0 aliphatic heterocycles. The molecular weight excluding hydrogens is 154 g/mol. The van der Waals surface area contributed by atoms with Gasteiger partial charge in [0.15, 0.2) is 5.58 Å². The van der Waals surface area contributed by atoms with E-state index >= 15 is 0 Å². The first-order valence-corrected chi connectivity index (χ1v) is 3.70. The van der Waals surface area contributed by atoms with E-state index in [1.165, 1.54) is 0 Å². The first-order chi connectivity index (χ1) is 5.79. The van der Waals surface area contributed by atoms with Gasteiger partial charge in [-0.1, -0.05) is 6.07 Å². The zero-order chi connectivity index (χ0) is 8.55. The zero-order valence-corrected chi connectivity index (χ0v) is 6.46. The van der Waals surface area contributed by atoms with E-state index in [-0.39, 0.29) is 0 Å². The Balaban J connectivity index is 2.74. The maximum atomic E-state index is 10.8. The summed E-state index contributed by atoms with van der Waals surface area (Å²) in [5.74, 6) is -0.411. The number of H-pyrrole nitrogens is 1. The van der Waals surface area contributed by atoms with Crippen LogP contribution in [0.15, 0.2) is 27.4 Å². The molecule has 0 atom stereocenters. The van der Waals surface area contributed by atoms with Crippen LogP contribution in [-0.2, 0) is 6.42 Å². The lowest BCUT2D eigenvalue weighted by Gasteiger charge is -1.92. The summed E-state index contributed by atoms with van der Waals surface area (Å²) in [6.45, 7) is 3.74. The number of hydrogen-bond acceptors (Lipinski definition) is 2. The van der Waals surface area contributed by atoms with Crippen LogP contribution in [0.2, 0.25) is 0 Å². The van der Waals surface area contributed by atoms with Crippen LogP contribution in [-0.4, -0.2) is 4.98 Å². The predicted molar refractivity (Wildman–Crippen MR) is 45.9 cm³/mol. The molecule has 1 heterocycles. The highest BCUT2D eigenvalue weighted by atomic mass is 16.4. The Labute approximate surface area is 69.0 Å². The molecular formula is C9H8NO2. The molecule has 0 aliphatic carbocycles. The first kappa shape index (κ1) is 7.16. The number of rotatable bonds is 1. The molecule has 0 unspecified atom stereocenters. The monoisotopic (exact) mass is 162 g/mol. The fraction of sp³-hybridized carbons (Fsp3) is 0.111. The Morgan fingerprint density at radius 2 is 2.33 bits per heavy atom. The summed E-state index contributed by atoms with van der Waals surface area (Å²) in [6, 6.07) is 5.56. The third-order valence-electron chi connectivity index (χ3n) is 1.77. The lowest BCUT2D eigenvalue weighted by molar-refractivity contribution is 0.555. The minimum Gasteiger partial charge on any atom is -0.408 e. The van der Waals surface area contributed by atoms with Crippen LogP contribution in [0.1, 0.15) is 5.56 Å². The average molecular weight is 162 g/mol. The second kappa shape index (κ2) is 2.52. The molecule has 2 rings (SSSR count). The van der Waals surface area contributed by atoms with Gasteiger partial charge in [-0.05, 0) is 31.0 Å². The Morgan fingerprint density at radius 3 is 3.08 bits per heavy atom. The van der Waals surface area contributed by atoms with Crippen LogP contribution < -0.4 is 5.76 Å². The van der Waals surface area contributed by atoms with E-state index < -0.39 is 5.76 Å². The van der Waals surface area contributed by atoms with Gasteiger partial charge >= 0.3 is 5.76 Å². The molecule has 2 aromatic rings. The van der Waals surface area contributed by atoms with Crippen molar-refractivity contribution >= 4 is 11.1 Å². The van der Waals surface area contributed by atoms with Crippen LogP contribution in [0.4, 0.5) is 0 Å². The molecule has 1 aromatic heterocycles. The maximum Gasteiger partial charge on any atom is 0.417 e. The van der Waals surface area contributed by atoms with Gasteiger partial charge in [0.05, 0.1) is 5.52 Å². The van der Waals surface area contributed by atoms with Gasteiger partial charge in [0.25, 0.3) is 0 Å². The van der Waals surface area contributed by atoms with Crippen LogP contribution in [0.25, 0.3) is 11.1 Å². The first-order valence-electron chi connectivity index (χ1n) is 3.70. The molecule has 0 spiro atoms. The quantitative estimate of drug-likeness (QED) is 0.690. The molecule has 1 N–H and O–H groups in total. The number of benzene rings is 1. The molecule has 0 saturated carbocycles. The molecule has 3 heteroatoms. The highest BCUT2D eigenvalue weighted by Gasteiger charge is 1.99. The van der Waals surface area contributed by atoms with Crippen LogP contribution in [0.3, 0.4) is 0 Å². The Kier molecular flexibility index (Phi) is 1.50. The molecule has 1 aromatic carbocycles. The van der Waals surface area contributed by atoms with E-state index in [0.29, 0.717) is 12.0 Å². The lowest BCUT2D eigenvalue weighted by Crippen LogP contribution is -1.92. The average Bonchev–Trinajstić information content (AvgIpc) is 2.43. The standard InChI is InChI=1S/C9H8NO2/c1-2-6-3-4-7-8(5-6)12-9(11)10-7/h3-5H,1-2H2,(H,10,11). The number of fused-ring (bicyclic) bond motifs is 1. The zero-order valence-electron chi connectivity index (χ0n) is 6.46. The van der Waals surface area contributed by atoms with E-state index in [2.05, 4.69) is 11.9 Å². The van der Waals surface area contributed by atoms with Crippen molar-refractivity contribution in [3.05, 3.63) is 41.2 Å². The largest absolute Gasteiger partial charge is 0.417 e. The molecule has 0 bridgehead atoms. The Hall–Kier alpha value is -1.51. The summed E-state index contributed by atoms with van der Waals surface area (Å²) >= 11 is 0. The van der Waals surface area contributed by atoms with Crippen LogP contribution >= 0.6 is 0 Å². The summed E-state index contributed by atoms with van der Waals surface area (Å²) in [4.78, 5) is 13.3. The van der Waals surface area contributed by atoms with E-state index in [0.717, 1.165) is 11.1 Å². The van der Waals surface area contributed by atoms with Crippen molar-refractivity contribution in [3.8, 4) is 0 Å². The van der Waals surface area contributed by atoms with Gasteiger partial charge in [0, 0.05) is 0 Å². The number of aromatic nitrogens is 1. The van der Waals surface area contributed by atoms with Crippen molar-refractivity contribution in [2.75, 3.05) is 0 Å². The van der Waals surface area contributed by atoms with Gasteiger partial charge in [-0.3, -0.25) is 4.98 Å². The van der Waals surface area contributed by atoms with Gasteiger partial charge in [-0.15, -0.1) is 0 Å². The van der Waals surface area contributed by atoms with Crippen molar-refractivity contribution in [1.29, 1.82) is 0 Å². The van der Waals surface area contributed by atoms with Gasteiger partial charge < -0.3 is 4.42 Å². The highest BCUT2D eigenvalue weighted by molar-refractivity contribution is 5.72. The maximum absolute atomic E-state index is 10.8. The molecule has 0 amide bonds. The van der Waals surface area contributed by atoms with Crippen LogP contribution in [0, 0.1) is 6.92 Å². The summed E-state index contributed by atoms with van der Waals surface area (Å²) in [6.07, 6.45) is 0.699. The second-order valence-corrected chi connectivity index (χ2v) is 2.60. The fourth-order valence-electron chi connectivity index (χ4n) is 1.15. The third-order valence-corrected chi connectivity index (χ3v) is 1.77. The van der Waals surface area contributed by atoms with Crippen molar-refractivity contribution in [2.24, 2.45) is 0 Å². The summed E-state index contributed by atoms with van der Waals surface area (Å²) in [5, 5.41) is 0. The molecule has 0 fully saturated rings. The van der Waals surface area contributed by atoms with Crippen molar-refractivity contribution in [1.82, 2.24) is 4.98 Å². The molecule has 61 valence electrons. The number of nitrogens with one attached hydrogen (secondary N) is 1. The van der Waals surface area contributed by atoms with Crippen LogP contribution in [0.5, 0.6) is 0 Å². The van der Waals surface area contributed by atoms with E-state index in [4.69, 9.17) is 4.42 Å². The number of hydrogen-bond donors (Lipinski definition) is 1. The minimum atomic E-state index is -0.411. The van der Waals surface area contributed by atoms with Crippen molar-refractivity contribution < 1.29 is 4.42 Å². The Bertz CT molecular complexity index is 453. The van der Waals surface area contributed by atoms with E-state index in [1.807, 2.05) is 18.2 Å². The molecule has 0 saturated heterocycles. The normalized spacial score (nSPS) is 10.8. The molecule has 12 heavy (non-hydrogen) atoms. The second-order valence-electron chi connectivity index (χ2n) is 2.60. The van der Waals surface area contributed by atoms with Gasteiger partial charge in [-0.25, -0.2) is 4.79 Å². The molecule has 0 aliphatic rings. The van der Waals surface area contributed by atoms with Crippen molar-refractivity contribution in [2.45, 2.75) is 6.42 Å². The highest BCUT2D eigenvalue weighted by Crippen LogP contribution is 2.12. The van der Waals surface area contributed by atoms with Crippen molar-refractivity contribution in [3.63, 3.8) is 0 Å². The third kappa shape index (κ3) is 1.03. The Morgan fingerprint density at radius 1 is 1.50 bits per heavy atom. The summed E-state index contributed by atoms with van der Waals surface area (Å²) in [7, 11) is 0. The fourth-order valence-corrected chi connectivity index (χ4v) is 1.15. The molecule has 1 radical (unpaired) electrons. The van der Waals surface area contributed by atoms with Gasteiger partial charge in [0.1, 0.15) is 0 Å². The number of oxazole rings is 1. The van der Waals surface area contributed by atoms with E-state index in [1.54, 1.807) is 0 Å². The summed E-state index contributed by atoms with van der Waals surface area (Å²) < 4.78 is 4.87. The van der Waals surface area contributed by atoms with Gasteiger partial charge in [0.2, 0.25) is 0 Å². The number of aromatic amines is 1. The smallest absolute Gasteiger partial charge is 0.408 e.